The summed E-state index contributed by atoms with van der Waals surface area (Å²) in [4.78, 5) is 0.420. The average Bonchev–Trinajstić information content (AvgIpc) is 2.46. The first-order valence-corrected chi connectivity index (χ1v) is 8.38. The number of piperidine rings is 1. The van der Waals surface area contributed by atoms with Gasteiger partial charge in [0, 0.05) is 13.1 Å². The maximum absolute atomic E-state index is 12.5. The number of hydrogen-bond acceptors (Lipinski definition) is 3. The molecule has 1 aliphatic heterocycles. The summed E-state index contributed by atoms with van der Waals surface area (Å²) in [7, 11) is -3.31. The fourth-order valence-corrected chi connectivity index (χ4v) is 4.01. The van der Waals surface area contributed by atoms with Crippen LogP contribution in [0.3, 0.4) is 0 Å². The van der Waals surface area contributed by atoms with Crippen molar-refractivity contribution in [2.24, 2.45) is 5.73 Å². The molecule has 1 aliphatic rings. The summed E-state index contributed by atoms with van der Waals surface area (Å²) in [6.45, 7) is 1.92. The van der Waals surface area contributed by atoms with Crippen LogP contribution in [0.15, 0.2) is 29.2 Å². The third-order valence-corrected chi connectivity index (χ3v) is 5.42. The normalized spacial score (nSPS) is 17.5. The van der Waals surface area contributed by atoms with Gasteiger partial charge in [-0.15, -0.1) is 0 Å². The molecule has 0 aromatic heterocycles. The van der Waals surface area contributed by atoms with Crippen molar-refractivity contribution in [3.63, 3.8) is 0 Å². The molecular weight excluding hydrogens is 260 g/mol. The molecule has 0 atom stereocenters. The molecule has 1 saturated heterocycles. The number of aryl methyl sites for hydroxylation is 1. The molecule has 0 saturated carbocycles. The summed E-state index contributed by atoms with van der Waals surface area (Å²) in [5.74, 6) is 0. The summed E-state index contributed by atoms with van der Waals surface area (Å²) in [6, 6.07) is 7.27. The van der Waals surface area contributed by atoms with Gasteiger partial charge in [-0.25, -0.2) is 8.42 Å². The predicted octanol–water partition coefficient (Wildman–Crippen LogP) is 1.75. The molecule has 1 aromatic rings. The van der Waals surface area contributed by atoms with Gasteiger partial charge < -0.3 is 5.73 Å². The Labute approximate surface area is 115 Å². The highest BCUT2D eigenvalue weighted by Crippen LogP contribution is 2.21. The van der Waals surface area contributed by atoms with E-state index in [1.807, 2.05) is 12.1 Å². The van der Waals surface area contributed by atoms with Crippen LogP contribution in [-0.4, -0.2) is 32.4 Å². The largest absolute Gasteiger partial charge is 0.330 e. The Morgan fingerprint density at radius 3 is 2.58 bits per heavy atom. The molecule has 5 heteroatoms. The minimum absolute atomic E-state index is 0.420. The maximum Gasteiger partial charge on any atom is 0.243 e. The number of sulfonamides is 1. The van der Waals surface area contributed by atoms with Crippen LogP contribution < -0.4 is 5.73 Å². The first-order chi connectivity index (χ1) is 9.14. The molecule has 2 N–H and O–H groups in total. The molecule has 19 heavy (non-hydrogen) atoms. The first-order valence-electron chi connectivity index (χ1n) is 6.94. The van der Waals surface area contributed by atoms with Crippen LogP contribution in [0.2, 0.25) is 0 Å². The predicted molar refractivity (Wildman–Crippen MR) is 76.4 cm³/mol. The van der Waals surface area contributed by atoms with Crippen LogP contribution in [0.4, 0.5) is 0 Å². The van der Waals surface area contributed by atoms with E-state index in [9.17, 15) is 8.42 Å². The van der Waals surface area contributed by atoms with Crippen LogP contribution in [0.1, 0.15) is 31.2 Å². The van der Waals surface area contributed by atoms with Crippen molar-refractivity contribution in [2.45, 2.75) is 37.0 Å². The Hall–Kier alpha value is -0.910. The van der Waals surface area contributed by atoms with E-state index < -0.39 is 10.0 Å². The van der Waals surface area contributed by atoms with Crippen molar-refractivity contribution in [2.75, 3.05) is 19.6 Å². The lowest BCUT2D eigenvalue weighted by Crippen LogP contribution is -2.35. The van der Waals surface area contributed by atoms with Crippen molar-refractivity contribution >= 4 is 10.0 Å². The maximum atomic E-state index is 12.5. The van der Waals surface area contributed by atoms with E-state index in [2.05, 4.69) is 0 Å². The SMILES string of the molecule is NCCCc1cccc(S(=O)(=O)N2CCCCC2)c1. The van der Waals surface area contributed by atoms with Gasteiger partial charge in [0.15, 0.2) is 0 Å². The molecule has 0 radical (unpaired) electrons. The molecule has 0 bridgehead atoms. The molecule has 0 aliphatic carbocycles. The van der Waals surface area contributed by atoms with Gasteiger partial charge in [0.2, 0.25) is 10.0 Å². The van der Waals surface area contributed by atoms with Crippen LogP contribution in [0.5, 0.6) is 0 Å². The van der Waals surface area contributed by atoms with E-state index in [1.165, 1.54) is 0 Å². The second-order valence-corrected chi connectivity index (χ2v) is 6.94. The smallest absolute Gasteiger partial charge is 0.243 e. The fourth-order valence-electron chi connectivity index (χ4n) is 2.42. The fraction of sp³-hybridized carbons (Fsp3) is 0.571. The Kier molecular flexibility index (Phi) is 4.96. The number of hydrogen-bond donors (Lipinski definition) is 1. The van der Waals surface area contributed by atoms with E-state index in [1.54, 1.807) is 16.4 Å². The standard InChI is InChI=1S/C14H22N2O2S/c15-9-5-7-13-6-4-8-14(12-13)19(17,18)16-10-2-1-3-11-16/h4,6,8,12H,1-3,5,7,9-11,15H2. The summed E-state index contributed by atoms with van der Waals surface area (Å²) in [6.07, 6.45) is 4.77. The van der Waals surface area contributed by atoms with Gasteiger partial charge in [-0.2, -0.15) is 4.31 Å². The van der Waals surface area contributed by atoms with Crippen molar-refractivity contribution < 1.29 is 8.42 Å². The van der Waals surface area contributed by atoms with Crippen LogP contribution in [0.25, 0.3) is 0 Å². The molecule has 4 nitrogen and oxygen atoms in total. The van der Waals surface area contributed by atoms with Gasteiger partial charge in [0.25, 0.3) is 0 Å². The average molecular weight is 282 g/mol. The van der Waals surface area contributed by atoms with E-state index >= 15 is 0 Å². The van der Waals surface area contributed by atoms with Crippen molar-refractivity contribution in [3.8, 4) is 0 Å². The molecule has 1 aromatic carbocycles. The zero-order chi connectivity index (χ0) is 13.7. The highest BCUT2D eigenvalue weighted by atomic mass is 32.2. The van der Waals surface area contributed by atoms with E-state index in [4.69, 9.17) is 5.73 Å². The quantitative estimate of drug-likeness (QED) is 0.895. The number of benzene rings is 1. The number of nitrogens with two attached hydrogens (primary N) is 1. The monoisotopic (exact) mass is 282 g/mol. The Morgan fingerprint density at radius 2 is 1.89 bits per heavy atom. The summed E-state index contributed by atoms with van der Waals surface area (Å²) in [5, 5.41) is 0. The van der Waals surface area contributed by atoms with Gasteiger partial charge in [0.05, 0.1) is 4.90 Å². The van der Waals surface area contributed by atoms with Gasteiger partial charge >= 0.3 is 0 Å². The van der Waals surface area contributed by atoms with E-state index in [0.29, 0.717) is 24.5 Å². The third kappa shape index (κ3) is 3.55. The molecule has 0 amide bonds. The zero-order valence-electron chi connectivity index (χ0n) is 11.2. The lowest BCUT2D eigenvalue weighted by Gasteiger charge is -2.26. The lowest BCUT2D eigenvalue weighted by atomic mass is 10.1. The first kappa shape index (κ1) is 14.5. The van der Waals surface area contributed by atoms with Gasteiger partial charge in [-0.05, 0) is 49.9 Å². The van der Waals surface area contributed by atoms with Gasteiger partial charge in [-0.3, -0.25) is 0 Å². The second kappa shape index (κ2) is 6.50. The summed E-state index contributed by atoms with van der Waals surface area (Å²) in [5.41, 5.74) is 6.54. The van der Waals surface area contributed by atoms with Crippen LogP contribution in [0, 0.1) is 0 Å². The third-order valence-electron chi connectivity index (χ3n) is 3.52. The van der Waals surface area contributed by atoms with Crippen LogP contribution >= 0.6 is 0 Å². The highest BCUT2D eigenvalue weighted by molar-refractivity contribution is 7.89. The summed E-state index contributed by atoms with van der Waals surface area (Å²) < 4.78 is 26.6. The van der Waals surface area contributed by atoms with Gasteiger partial charge in [0.1, 0.15) is 0 Å². The van der Waals surface area contributed by atoms with Crippen molar-refractivity contribution in [1.82, 2.24) is 4.31 Å². The van der Waals surface area contributed by atoms with E-state index in [0.717, 1.165) is 37.7 Å². The molecule has 0 spiro atoms. The molecular formula is C14H22N2O2S. The Morgan fingerprint density at radius 1 is 1.16 bits per heavy atom. The lowest BCUT2D eigenvalue weighted by molar-refractivity contribution is 0.346. The molecule has 106 valence electrons. The minimum Gasteiger partial charge on any atom is -0.330 e. The van der Waals surface area contributed by atoms with Gasteiger partial charge in [-0.1, -0.05) is 18.6 Å². The molecule has 2 rings (SSSR count). The second-order valence-electron chi connectivity index (χ2n) is 5.00. The minimum atomic E-state index is -3.31. The van der Waals surface area contributed by atoms with Crippen molar-refractivity contribution in [3.05, 3.63) is 29.8 Å². The molecule has 0 unspecified atom stereocenters. The van der Waals surface area contributed by atoms with Crippen molar-refractivity contribution in [1.29, 1.82) is 0 Å². The number of nitrogens with zero attached hydrogens (tertiary/aromatic N) is 1. The molecule has 1 heterocycles. The van der Waals surface area contributed by atoms with Crippen LogP contribution in [-0.2, 0) is 16.4 Å². The topological polar surface area (TPSA) is 63.4 Å². The highest BCUT2D eigenvalue weighted by Gasteiger charge is 2.25. The summed E-state index contributed by atoms with van der Waals surface area (Å²) >= 11 is 0. The Bertz CT molecular complexity index is 508. The Balaban J connectivity index is 2.19. The number of rotatable bonds is 5. The molecule has 1 fully saturated rings. The zero-order valence-corrected chi connectivity index (χ0v) is 12.0. The van der Waals surface area contributed by atoms with E-state index in [-0.39, 0.29) is 0 Å².